The Balaban J connectivity index is 2.44. The fourth-order valence-electron chi connectivity index (χ4n) is 2.64. The highest BCUT2D eigenvalue weighted by atomic mass is 16.7. The molecular weight excluding hydrogens is 296 g/mol. The van der Waals surface area contributed by atoms with Gasteiger partial charge in [-0.15, -0.1) is 0 Å². The third-order valence-electron chi connectivity index (χ3n) is 3.73. The summed E-state index contributed by atoms with van der Waals surface area (Å²) in [5.74, 6) is 1.58. The molecule has 0 radical (unpaired) electrons. The van der Waals surface area contributed by atoms with Gasteiger partial charge in [0.05, 0.1) is 26.4 Å². The Kier molecular flexibility index (Phi) is 6.30. The average Bonchev–Trinajstić information content (AvgIpc) is 2.54. The first-order valence-corrected chi connectivity index (χ1v) is 7.93. The van der Waals surface area contributed by atoms with Gasteiger partial charge in [-0.2, -0.15) is 0 Å². The predicted molar refractivity (Wildman–Crippen MR) is 88.2 cm³/mol. The summed E-state index contributed by atoms with van der Waals surface area (Å²) in [4.78, 5) is 0. The van der Waals surface area contributed by atoms with Gasteiger partial charge in [0, 0.05) is 6.42 Å². The minimum Gasteiger partial charge on any atom is -0.496 e. The number of hydrogen-bond acceptors (Lipinski definition) is 5. The van der Waals surface area contributed by atoms with E-state index in [1.54, 1.807) is 32.4 Å². The summed E-state index contributed by atoms with van der Waals surface area (Å²) >= 11 is 0. The zero-order valence-corrected chi connectivity index (χ0v) is 14.3. The van der Waals surface area contributed by atoms with Gasteiger partial charge in [0.25, 0.3) is 0 Å². The summed E-state index contributed by atoms with van der Waals surface area (Å²) in [5.41, 5.74) is 1.56. The van der Waals surface area contributed by atoms with Gasteiger partial charge in [0.2, 0.25) is 0 Å². The van der Waals surface area contributed by atoms with Crippen molar-refractivity contribution in [3.05, 3.63) is 29.3 Å². The van der Waals surface area contributed by atoms with Crippen LogP contribution in [0.3, 0.4) is 0 Å². The molecule has 0 saturated carbocycles. The van der Waals surface area contributed by atoms with Crippen molar-refractivity contribution in [2.24, 2.45) is 0 Å². The number of aliphatic hydroxyl groups is 1. The van der Waals surface area contributed by atoms with Crippen LogP contribution in [0, 0.1) is 0 Å². The number of methoxy groups -OCH3 is 2. The third-order valence-corrected chi connectivity index (χ3v) is 3.73. The molecule has 128 valence electrons. The zero-order valence-electron chi connectivity index (χ0n) is 14.3. The summed E-state index contributed by atoms with van der Waals surface area (Å²) in [6.07, 6.45) is 3.50. The Bertz CT molecular complexity index is 543. The van der Waals surface area contributed by atoms with E-state index in [0.29, 0.717) is 29.4 Å². The largest absolute Gasteiger partial charge is 0.496 e. The van der Waals surface area contributed by atoms with Crippen LogP contribution in [0.4, 0.5) is 0 Å². The van der Waals surface area contributed by atoms with Crippen molar-refractivity contribution < 1.29 is 24.1 Å². The van der Waals surface area contributed by atoms with Crippen LogP contribution in [0.15, 0.2) is 23.8 Å². The zero-order chi connectivity index (χ0) is 16.8. The molecule has 0 spiro atoms. The van der Waals surface area contributed by atoms with Gasteiger partial charge < -0.3 is 24.1 Å². The number of allylic oxidation sites excluding steroid dienone is 1. The van der Waals surface area contributed by atoms with Gasteiger partial charge >= 0.3 is 0 Å². The smallest absolute Gasteiger partial charge is 0.200 e. The first-order valence-electron chi connectivity index (χ1n) is 7.93. The molecule has 1 aromatic carbocycles. The molecule has 0 aliphatic carbocycles. The molecule has 1 aliphatic rings. The monoisotopic (exact) mass is 322 g/mol. The molecule has 2 rings (SSSR count). The summed E-state index contributed by atoms with van der Waals surface area (Å²) in [5, 5.41) is 10.6. The molecule has 5 heteroatoms. The van der Waals surface area contributed by atoms with Crippen LogP contribution >= 0.6 is 0 Å². The maximum atomic E-state index is 10.6. The molecule has 0 amide bonds. The Morgan fingerprint density at radius 2 is 1.91 bits per heavy atom. The van der Waals surface area contributed by atoms with E-state index in [1.165, 1.54) is 0 Å². The van der Waals surface area contributed by atoms with Crippen molar-refractivity contribution >= 4 is 0 Å². The van der Waals surface area contributed by atoms with Crippen LogP contribution in [0.25, 0.3) is 0 Å². The van der Waals surface area contributed by atoms with E-state index in [1.807, 2.05) is 13.8 Å². The molecule has 5 nitrogen and oxygen atoms in total. The van der Waals surface area contributed by atoms with Crippen molar-refractivity contribution in [3.8, 4) is 17.2 Å². The lowest BCUT2D eigenvalue weighted by molar-refractivity contribution is -0.107. The van der Waals surface area contributed by atoms with Crippen molar-refractivity contribution in [2.45, 2.75) is 45.5 Å². The highest BCUT2D eigenvalue weighted by molar-refractivity contribution is 5.56. The lowest BCUT2D eigenvalue weighted by atomic mass is 10.0. The van der Waals surface area contributed by atoms with Crippen molar-refractivity contribution in [3.63, 3.8) is 0 Å². The molecular formula is C18H26O5. The van der Waals surface area contributed by atoms with Gasteiger partial charge in [-0.1, -0.05) is 11.6 Å². The maximum absolute atomic E-state index is 10.6. The van der Waals surface area contributed by atoms with Crippen LogP contribution in [0.5, 0.6) is 17.2 Å². The fourth-order valence-corrected chi connectivity index (χ4v) is 2.64. The second-order valence-electron chi connectivity index (χ2n) is 5.82. The molecule has 1 aliphatic heterocycles. The predicted octanol–water partition coefficient (Wildman–Crippen LogP) is 3.61. The third kappa shape index (κ3) is 4.39. The van der Waals surface area contributed by atoms with Gasteiger partial charge in [-0.05, 0) is 38.8 Å². The number of hydrogen-bond donors (Lipinski definition) is 1. The highest BCUT2D eigenvalue weighted by Gasteiger charge is 2.25. The minimum absolute atomic E-state index is 0.331. The molecule has 1 saturated heterocycles. The number of benzene rings is 1. The summed E-state index contributed by atoms with van der Waals surface area (Å²) in [6.45, 7) is 4.55. The van der Waals surface area contributed by atoms with E-state index >= 15 is 0 Å². The molecule has 2 atom stereocenters. The SMILES string of the molecule is COc1ccc(OC)c(C(O)C=C(C)C)c1OC1CCCCO1. The maximum Gasteiger partial charge on any atom is 0.200 e. The van der Waals surface area contributed by atoms with Gasteiger partial charge in [0.15, 0.2) is 17.8 Å². The Labute approximate surface area is 137 Å². The number of ether oxygens (including phenoxy) is 4. The molecule has 2 unspecified atom stereocenters. The molecule has 1 N–H and O–H groups in total. The van der Waals surface area contributed by atoms with Gasteiger partial charge in [0.1, 0.15) is 11.9 Å². The van der Waals surface area contributed by atoms with E-state index in [0.717, 1.165) is 24.8 Å². The standard InChI is InChI=1S/C18H26O5/c1-12(2)11-13(19)17-14(20-3)8-9-15(21-4)18(17)23-16-7-5-6-10-22-16/h8-9,11,13,16,19H,5-7,10H2,1-4H3. The highest BCUT2D eigenvalue weighted by Crippen LogP contribution is 2.43. The number of rotatable bonds is 6. The summed E-state index contributed by atoms with van der Waals surface area (Å²) < 4.78 is 22.5. The van der Waals surface area contributed by atoms with E-state index in [2.05, 4.69) is 0 Å². The average molecular weight is 322 g/mol. The quantitative estimate of drug-likeness (QED) is 0.811. The van der Waals surface area contributed by atoms with Crippen molar-refractivity contribution in [1.82, 2.24) is 0 Å². The fraction of sp³-hybridized carbons (Fsp3) is 0.556. The van der Waals surface area contributed by atoms with E-state index in [9.17, 15) is 5.11 Å². The molecule has 0 bridgehead atoms. The number of aliphatic hydroxyl groups excluding tert-OH is 1. The minimum atomic E-state index is -0.844. The molecule has 1 fully saturated rings. The van der Waals surface area contributed by atoms with Gasteiger partial charge in [-0.3, -0.25) is 0 Å². The second-order valence-corrected chi connectivity index (χ2v) is 5.82. The topological polar surface area (TPSA) is 57.2 Å². The van der Waals surface area contributed by atoms with Crippen molar-refractivity contribution in [1.29, 1.82) is 0 Å². The summed E-state index contributed by atoms with van der Waals surface area (Å²) in [6, 6.07) is 3.54. The van der Waals surface area contributed by atoms with Crippen LogP contribution in [-0.4, -0.2) is 32.2 Å². The Morgan fingerprint density at radius 3 is 2.48 bits per heavy atom. The van der Waals surface area contributed by atoms with Crippen molar-refractivity contribution in [2.75, 3.05) is 20.8 Å². The molecule has 23 heavy (non-hydrogen) atoms. The van der Waals surface area contributed by atoms with Gasteiger partial charge in [-0.25, -0.2) is 0 Å². The lowest BCUT2D eigenvalue weighted by Crippen LogP contribution is -2.26. The molecule has 0 aromatic heterocycles. The van der Waals surface area contributed by atoms with Crippen LogP contribution < -0.4 is 14.2 Å². The Hall–Kier alpha value is -1.72. The van der Waals surface area contributed by atoms with Crippen LogP contribution in [0.2, 0.25) is 0 Å². The first kappa shape index (κ1) is 17.6. The summed E-state index contributed by atoms with van der Waals surface area (Å²) in [7, 11) is 3.15. The van der Waals surface area contributed by atoms with E-state index in [4.69, 9.17) is 18.9 Å². The van der Waals surface area contributed by atoms with Crippen LogP contribution in [0.1, 0.15) is 44.8 Å². The molecule has 1 heterocycles. The molecule has 1 aromatic rings. The first-order chi connectivity index (χ1) is 11.1. The van der Waals surface area contributed by atoms with E-state index in [-0.39, 0.29) is 6.29 Å². The second kappa shape index (κ2) is 8.22. The lowest BCUT2D eigenvalue weighted by Gasteiger charge is -2.27. The normalized spacial score (nSPS) is 18.9. The van der Waals surface area contributed by atoms with E-state index < -0.39 is 6.10 Å². The van der Waals surface area contributed by atoms with Crippen LogP contribution in [-0.2, 0) is 4.74 Å². The Morgan fingerprint density at radius 1 is 1.22 bits per heavy atom.